The molecule has 2 heterocycles. The summed E-state index contributed by atoms with van der Waals surface area (Å²) >= 11 is 7.16. The summed E-state index contributed by atoms with van der Waals surface area (Å²) in [6, 6.07) is 12.3. The molecule has 1 aromatic heterocycles. The minimum absolute atomic E-state index is 0.0637. The van der Waals surface area contributed by atoms with Crippen LogP contribution in [-0.4, -0.2) is 58.8 Å². The highest BCUT2D eigenvalue weighted by atomic mass is 35.5. The topological polar surface area (TPSA) is 86.6 Å². The van der Waals surface area contributed by atoms with Gasteiger partial charge in [-0.3, -0.25) is 14.5 Å². The Morgan fingerprint density at radius 3 is 2.51 bits per heavy atom. The van der Waals surface area contributed by atoms with Crippen LogP contribution in [0.1, 0.15) is 35.7 Å². The number of carboxylic acid groups (broad SMARTS) is 1. The quantitative estimate of drug-likeness (QED) is 0.451. The van der Waals surface area contributed by atoms with E-state index in [1.54, 1.807) is 6.07 Å². The van der Waals surface area contributed by atoms with Crippen LogP contribution in [-0.2, 0) is 4.79 Å². The molecule has 1 amide bonds. The molecule has 2 aromatic carbocycles. The van der Waals surface area contributed by atoms with E-state index in [0.717, 1.165) is 42.1 Å². The van der Waals surface area contributed by atoms with Crippen LogP contribution >= 0.6 is 22.9 Å². The zero-order valence-electron chi connectivity index (χ0n) is 19.9. The number of rotatable bonds is 7. The molecular formula is C25H28ClFN4O3S. The maximum Gasteiger partial charge on any atom is 0.309 e. The van der Waals surface area contributed by atoms with Gasteiger partial charge in [0.2, 0.25) is 5.13 Å². The summed E-state index contributed by atoms with van der Waals surface area (Å²) in [5, 5.41) is 17.9. The number of halogens is 2. The number of aliphatic carboxylic acids is 1. The molecule has 4 rings (SSSR count). The van der Waals surface area contributed by atoms with Crippen molar-refractivity contribution in [3.8, 4) is 10.6 Å². The Labute approximate surface area is 213 Å². The van der Waals surface area contributed by atoms with Gasteiger partial charge >= 0.3 is 5.97 Å². The maximum atomic E-state index is 14.4. The molecule has 35 heavy (non-hydrogen) atoms. The summed E-state index contributed by atoms with van der Waals surface area (Å²) in [5.74, 6) is -1.94. The van der Waals surface area contributed by atoms with E-state index < -0.39 is 17.7 Å². The number of carbonyl (C=O) groups is 2. The van der Waals surface area contributed by atoms with Crippen molar-refractivity contribution in [2.75, 3.05) is 31.6 Å². The first-order chi connectivity index (χ1) is 16.7. The number of anilines is 1. The maximum absolute atomic E-state index is 14.4. The molecule has 0 bridgehead atoms. The summed E-state index contributed by atoms with van der Waals surface area (Å²) < 4.78 is 14.4. The predicted molar refractivity (Wildman–Crippen MR) is 137 cm³/mol. The molecule has 0 spiro atoms. The number of hydrogen-bond acceptors (Lipinski definition) is 6. The number of carbonyl (C=O) groups excluding carboxylic acids is 1. The van der Waals surface area contributed by atoms with Gasteiger partial charge in [0.05, 0.1) is 16.5 Å². The highest BCUT2D eigenvalue weighted by Gasteiger charge is 2.29. The molecule has 1 aliphatic rings. The van der Waals surface area contributed by atoms with Crippen molar-refractivity contribution in [3.63, 3.8) is 0 Å². The minimum Gasteiger partial charge on any atom is -0.481 e. The van der Waals surface area contributed by atoms with Crippen LogP contribution in [0.3, 0.4) is 0 Å². The third kappa shape index (κ3) is 6.62. The highest BCUT2D eigenvalue weighted by molar-refractivity contribution is 7.18. The van der Waals surface area contributed by atoms with Gasteiger partial charge in [-0.1, -0.05) is 66.6 Å². The number of nitrogens with zero attached hydrogens (tertiary/aromatic N) is 4. The number of aryl methyl sites for hydroxylation is 1. The standard InChI is InChI=1S/C20H19ClFN3OS.C5H9NO2/c1-3-4-12-25(19(26)15-10-7-11-16(21)17(15)22)20-24-23-18(27-20)14-9-6-5-8-13(14)2;1-6-2-4(3-6)5(7)8/h5-11H,3-4,12H2,1-2H3;4H,2-3H2,1H3,(H,7,8). The number of likely N-dealkylation sites (tertiary alicyclic amines) is 1. The molecule has 1 fully saturated rings. The number of benzene rings is 2. The van der Waals surface area contributed by atoms with Gasteiger partial charge in [0.1, 0.15) is 5.01 Å². The van der Waals surface area contributed by atoms with Gasteiger partial charge in [-0.25, -0.2) is 4.39 Å². The van der Waals surface area contributed by atoms with Crippen molar-refractivity contribution in [3.05, 3.63) is 64.4 Å². The molecule has 1 saturated heterocycles. The van der Waals surface area contributed by atoms with Crippen LogP contribution < -0.4 is 4.90 Å². The van der Waals surface area contributed by atoms with Crippen LogP contribution in [0.5, 0.6) is 0 Å². The lowest BCUT2D eigenvalue weighted by Gasteiger charge is -2.32. The fraction of sp³-hybridized carbons (Fsp3) is 0.360. The molecule has 0 atom stereocenters. The van der Waals surface area contributed by atoms with Gasteiger partial charge in [-0.2, -0.15) is 0 Å². The summed E-state index contributed by atoms with van der Waals surface area (Å²) in [5.41, 5.74) is 1.98. The Balaban J connectivity index is 0.000000363. The molecule has 10 heteroatoms. The normalized spacial score (nSPS) is 13.5. The third-order valence-corrected chi connectivity index (χ3v) is 6.87. The summed E-state index contributed by atoms with van der Waals surface area (Å²) in [4.78, 5) is 26.6. The molecule has 0 unspecified atom stereocenters. The molecule has 1 N–H and O–H groups in total. The smallest absolute Gasteiger partial charge is 0.309 e. The van der Waals surface area contributed by atoms with Crippen LogP contribution in [0.2, 0.25) is 5.02 Å². The monoisotopic (exact) mass is 518 g/mol. The molecule has 186 valence electrons. The van der Waals surface area contributed by atoms with Crippen LogP contribution in [0, 0.1) is 18.7 Å². The number of hydrogen-bond donors (Lipinski definition) is 1. The number of unbranched alkanes of at least 4 members (excludes halogenated alkanes) is 1. The Morgan fingerprint density at radius 2 is 1.91 bits per heavy atom. The van der Waals surface area contributed by atoms with E-state index in [0.29, 0.717) is 11.7 Å². The van der Waals surface area contributed by atoms with E-state index in [-0.39, 0.29) is 16.5 Å². The lowest BCUT2D eigenvalue weighted by molar-refractivity contribution is -0.146. The molecule has 7 nitrogen and oxygen atoms in total. The summed E-state index contributed by atoms with van der Waals surface area (Å²) in [6.45, 7) is 5.90. The minimum atomic E-state index is -0.714. The first-order valence-corrected chi connectivity index (χ1v) is 12.5. The third-order valence-electron chi connectivity index (χ3n) is 5.60. The largest absolute Gasteiger partial charge is 0.481 e. The van der Waals surface area contributed by atoms with Crippen LogP contribution in [0.4, 0.5) is 9.52 Å². The SMILES string of the molecule is CCCCN(C(=O)c1cccc(Cl)c1F)c1nnc(-c2ccccc2C)s1.CN1CC(C(=O)O)C1. The number of amides is 1. The van der Waals surface area contributed by atoms with Gasteiger partial charge in [0.25, 0.3) is 5.91 Å². The second kappa shape index (κ2) is 12.2. The van der Waals surface area contributed by atoms with Crippen molar-refractivity contribution >= 4 is 39.9 Å². The summed E-state index contributed by atoms with van der Waals surface area (Å²) in [6.07, 6.45) is 1.67. The van der Waals surface area contributed by atoms with E-state index in [1.807, 2.05) is 50.1 Å². The Bertz CT molecular complexity index is 1180. The van der Waals surface area contributed by atoms with E-state index in [9.17, 15) is 14.0 Å². The average molecular weight is 519 g/mol. The lowest BCUT2D eigenvalue weighted by Crippen LogP contribution is -2.47. The van der Waals surface area contributed by atoms with Gasteiger partial charge in [-0.15, -0.1) is 10.2 Å². The second-order valence-corrected chi connectivity index (χ2v) is 9.74. The molecule has 1 aliphatic heterocycles. The predicted octanol–water partition coefficient (Wildman–Crippen LogP) is 5.39. The fourth-order valence-electron chi connectivity index (χ4n) is 3.52. The van der Waals surface area contributed by atoms with Gasteiger partial charge in [0.15, 0.2) is 5.82 Å². The molecule has 0 aliphatic carbocycles. The average Bonchev–Trinajstić information content (AvgIpc) is 3.29. The van der Waals surface area contributed by atoms with Gasteiger partial charge in [-0.05, 0) is 38.1 Å². The molecule has 3 aromatic rings. The van der Waals surface area contributed by atoms with Crippen molar-refractivity contribution < 1.29 is 19.1 Å². The van der Waals surface area contributed by atoms with E-state index in [4.69, 9.17) is 16.7 Å². The zero-order valence-corrected chi connectivity index (χ0v) is 21.4. The Morgan fingerprint density at radius 1 is 1.20 bits per heavy atom. The van der Waals surface area contributed by atoms with Gasteiger partial charge in [0, 0.05) is 25.2 Å². The molecular weight excluding hydrogens is 491 g/mol. The molecule has 0 radical (unpaired) electrons. The van der Waals surface area contributed by atoms with E-state index in [1.165, 1.54) is 28.4 Å². The van der Waals surface area contributed by atoms with Crippen molar-refractivity contribution in [2.45, 2.75) is 26.7 Å². The number of aromatic nitrogens is 2. The van der Waals surface area contributed by atoms with Crippen molar-refractivity contribution in [2.24, 2.45) is 5.92 Å². The Kier molecular flexibility index (Phi) is 9.31. The zero-order chi connectivity index (χ0) is 25.5. The highest BCUT2D eigenvalue weighted by Crippen LogP contribution is 2.32. The van der Waals surface area contributed by atoms with Crippen LogP contribution in [0.15, 0.2) is 42.5 Å². The molecule has 0 saturated carbocycles. The van der Waals surface area contributed by atoms with Crippen molar-refractivity contribution in [1.29, 1.82) is 0 Å². The van der Waals surface area contributed by atoms with Crippen molar-refractivity contribution in [1.82, 2.24) is 15.1 Å². The Hall–Kier alpha value is -2.88. The first-order valence-electron chi connectivity index (χ1n) is 11.3. The van der Waals surface area contributed by atoms with E-state index in [2.05, 4.69) is 10.2 Å². The van der Waals surface area contributed by atoms with Crippen LogP contribution in [0.25, 0.3) is 10.6 Å². The number of carboxylic acids is 1. The first kappa shape index (κ1) is 26.7. The van der Waals surface area contributed by atoms with E-state index >= 15 is 0 Å². The lowest BCUT2D eigenvalue weighted by atomic mass is 10.0. The van der Waals surface area contributed by atoms with Gasteiger partial charge < -0.3 is 10.0 Å². The second-order valence-electron chi connectivity index (χ2n) is 8.37. The summed E-state index contributed by atoms with van der Waals surface area (Å²) in [7, 11) is 1.92. The fourth-order valence-corrected chi connectivity index (χ4v) is 4.65.